The zero-order valence-electron chi connectivity index (χ0n) is 13.9. The number of nitrogens with zero attached hydrogens (tertiary/aromatic N) is 1. The van der Waals surface area contributed by atoms with Crippen molar-refractivity contribution in [1.82, 2.24) is 10.2 Å². The fraction of sp³-hybridized carbons (Fsp3) is 0.941. The summed E-state index contributed by atoms with van der Waals surface area (Å²) in [6, 6.07) is 0.468. The number of hydrogen-bond donors (Lipinski definition) is 2. The van der Waals surface area contributed by atoms with E-state index in [4.69, 9.17) is 5.73 Å². The van der Waals surface area contributed by atoms with Crippen LogP contribution in [0, 0.1) is 5.92 Å². The van der Waals surface area contributed by atoms with Crippen molar-refractivity contribution in [1.29, 1.82) is 0 Å². The molecular weight excluding hydrogens is 262 g/mol. The summed E-state index contributed by atoms with van der Waals surface area (Å²) in [5.41, 5.74) is 6.32. The lowest BCUT2D eigenvalue weighted by atomic mass is 9.75. The van der Waals surface area contributed by atoms with Crippen LogP contribution in [0.2, 0.25) is 0 Å². The van der Waals surface area contributed by atoms with Gasteiger partial charge in [-0.3, -0.25) is 9.69 Å². The predicted octanol–water partition coefficient (Wildman–Crippen LogP) is 2.27. The molecule has 0 aliphatic heterocycles. The molecule has 0 heterocycles. The van der Waals surface area contributed by atoms with Gasteiger partial charge < -0.3 is 11.1 Å². The first kappa shape index (κ1) is 16.8. The lowest BCUT2D eigenvalue weighted by molar-refractivity contribution is -0.122. The Morgan fingerprint density at radius 3 is 2.67 bits per heavy atom. The average Bonchev–Trinajstić information content (AvgIpc) is 3.27. The summed E-state index contributed by atoms with van der Waals surface area (Å²) in [6.45, 7) is 7.19. The molecule has 0 bridgehead atoms. The van der Waals surface area contributed by atoms with E-state index in [-0.39, 0.29) is 11.4 Å². The summed E-state index contributed by atoms with van der Waals surface area (Å²) < 4.78 is 0. The van der Waals surface area contributed by atoms with Crippen LogP contribution in [-0.4, -0.2) is 42.0 Å². The van der Waals surface area contributed by atoms with Crippen molar-refractivity contribution in [2.45, 2.75) is 76.8 Å². The molecule has 2 fully saturated rings. The third-order valence-corrected chi connectivity index (χ3v) is 5.16. The molecule has 2 saturated carbocycles. The van der Waals surface area contributed by atoms with Crippen molar-refractivity contribution in [3.05, 3.63) is 0 Å². The third-order valence-electron chi connectivity index (χ3n) is 5.16. The largest absolute Gasteiger partial charge is 0.353 e. The van der Waals surface area contributed by atoms with E-state index in [1.165, 1.54) is 25.7 Å². The topological polar surface area (TPSA) is 58.4 Å². The van der Waals surface area contributed by atoms with Gasteiger partial charge in [-0.05, 0) is 44.6 Å². The van der Waals surface area contributed by atoms with Crippen LogP contribution >= 0.6 is 0 Å². The van der Waals surface area contributed by atoms with Crippen LogP contribution in [0.4, 0.5) is 0 Å². The molecule has 3 N–H and O–H groups in total. The Labute approximate surface area is 129 Å². The molecule has 0 aromatic carbocycles. The van der Waals surface area contributed by atoms with Gasteiger partial charge >= 0.3 is 0 Å². The maximum atomic E-state index is 12.0. The molecule has 2 aliphatic rings. The molecule has 4 nitrogen and oxygen atoms in total. The zero-order valence-corrected chi connectivity index (χ0v) is 13.9. The van der Waals surface area contributed by atoms with E-state index in [0.29, 0.717) is 12.5 Å². The number of rotatable bonds is 8. The summed E-state index contributed by atoms with van der Waals surface area (Å²) in [7, 11) is 0. The number of carbonyl (C=O) groups excluding carboxylic acids is 1. The van der Waals surface area contributed by atoms with E-state index in [0.717, 1.165) is 44.8 Å². The number of nitrogens with one attached hydrogen (secondary N) is 1. The van der Waals surface area contributed by atoms with Crippen molar-refractivity contribution in [3.8, 4) is 0 Å². The Kier molecular flexibility index (Phi) is 6.06. The molecule has 0 saturated heterocycles. The highest BCUT2D eigenvalue weighted by atomic mass is 16.1. The van der Waals surface area contributed by atoms with E-state index in [9.17, 15) is 4.79 Å². The summed E-state index contributed by atoms with van der Waals surface area (Å²) >= 11 is 0. The summed E-state index contributed by atoms with van der Waals surface area (Å²) in [5, 5.41) is 3.10. The highest BCUT2D eigenvalue weighted by Gasteiger charge is 2.38. The van der Waals surface area contributed by atoms with Gasteiger partial charge in [0.05, 0.1) is 0 Å². The lowest BCUT2D eigenvalue weighted by Gasteiger charge is -2.48. The predicted molar refractivity (Wildman–Crippen MR) is 87.1 cm³/mol. The third kappa shape index (κ3) is 4.68. The number of carbonyl (C=O) groups is 1. The second kappa shape index (κ2) is 7.59. The SMILES string of the molecule is CCCN(CCC(=O)NC1CC1)C1(CN)CCCC(C)C1. The molecule has 0 aromatic heterocycles. The Hall–Kier alpha value is -0.610. The van der Waals surface area contributed by atoms with Gasteiger partial charge in [-0.2, -0.15) is 0 Å². The van der Waals surface area contributed by atoms with Crippen LogP contribution in [0.5, 0.6) is 0 Å². The number of amides is 1. The zero-order chi connectivity index (χ0) is 15.3. The van der Waals surface area contributed by atoms with E-state index in [1.807, 2.05) is 0 Å². The smallest absolute Gasteiger partial charge is 0.221 e. The first-order valence-electron chi connectivity index (χ1n) is 8.84. The summed E-state index contributed by atoms with van der Waals surface area (Å²) in [5.74, 6) is 0.969. The van der Waals surface area contributed by atoms with E-state index < -0.39 is 0 Å². The molecule has 2 rings (SSSR count). The van der Waals surface area contributed by atoms with Crippen LogP contribution in [0.15, 0.2) is 0 Å². The van der Waals surface area contributed by atoms with Crippen LogP contribution < -0.4 is 11.1 Å². The lowest BCUT2D eigenvalue weighted by Crippen LogP contribution is -2.57. The monoisotopic (exact) mass is 295 g/mol. The summed E-state index contributed by atoms with van der Waals surface area (Å²) in [6.07, 6.45) is 9.04. The van der Waals surface area contributed by atoms with Crippen LogP contribution in [0.3, 0.4) is 0 Å². The Morgan fingerprint density at radius 2 is 2.10 bits per heavy atom. The van der Waals surface area contributed by atoms with E-state index in [2.05, 4.69) is 24.1 Å². The minimum atomic E-state index is 0.132. The van der Waals surface area contributed by atoms with E-state index in [1.54, 1.807) is 0 Å². The minimum Gasteiger partial charge on any atom is -0.353 e. The second-order valence-electron chi connectivity index (χ2n) is 7.21. The Bertz CT molecular complexity index is 343. The average molecular weight is 295 g/mol. The van der Waals surface area contributed by atoms with Gasteiger partial charge in [0.25, 0.3) is 0 Å². The maximum Gasteiger partial charge on any atom is 0.221 e. The van der Waals surface area contributed by atoms with Crippen molar-refractivity contribution >= 4 is 5.91 Å². The number of hydrogen-bond acceptors (Lipinski definition) is 3. The van der Waals surface area contributed by atoms with Gasteiger partial charge in [0.15, 0.2) is 0 Å². The normalized spacial score (nSPS) is 29.6. The molecule has 0 spiro atoms. The fourth-order valence-electron chi connectivity index (χ4n) is 3.85. The number of nitrogens with two attached hydrogens (primary N) is 1. The van der Waals surface area contributed by atoms with Gasteiger partial charge in [-0.25, -0.2) is 0 Å². The molecule has 2 aliphatic carbocycles. The van der Waals surface area contributed by atoms with Crippen LogP contribution in [0.1, 0.15) is 65.2 Å². The highest BCUT2D eigenvalue weighted by molar-refractivity contribution is 5.76. The Morgan fingerprint density at radius 1 is 1.33 bits per heavy atom. The molecule has 2 atom stereocenters. The molecule has 21 heavy (non-hydrogen) atoms. The van der Waals surface area contributed by atoms with Gasteiger partial charge in [0, 0.05) is 31.1 Å². The van der Waals surface area contributed by atoms with Crippen LogP contribution in [0.25, 0.3) is 0 Å². The molecule has 0 radical (unpaired) electrons. The first-order valence-corrected chi connectivity index (χ1v) is 8.84. The van der Waals surface area contributed by atoms with Crippen molar-refractivity contribution in [2.75, 3.05) is 19.6 Å². The van der Waals surface area contributed by atoms with E-state index >= 15 is 0 Å². The first-order chi connectivity index (χ1) is 10.1. The Balaban J connectivity index is 1.92. The molecular formula is C17H33N3O. The summed E-state index contributed by atoms with van der Waals surface area (Å²) in [4.78, 5) is 14.5. The highest BCUT2D eigenvalue weighted by Crippen LogP contribution is 2.36. The van der Waals surface area contributed by atoms with Gasteiger partial charge in [0.2, 0.25) is 5.91 Å². The maximum absolute atomic E-state index is 12.0. The van der Waals surface area contributed by atoms with Crippen molar-refractivity contribution < 1.29 is 4.79 Å². The standard InChI is InChI=1S/C17H33N3O/c1-3-10-20(11-8-16(21)19-15-6-7-15)17(13-18)9-4-5-14(2)12-17/h14-15H,3-13,18H2,1-2H3,(H,19,21). The van der Waals surface area contributed by atoms with Gasteiger partial charge in [-0.1, -0.05) is 26.7 Å². The minimum absolute atomic E-state index is 0.132. The molecule has 1 amide bonds. The second-order valence-corrected chi connectivity index (χ2v) is 7.21. The van der Waals surface area contributed by atoms with Crippen molar-refractivity contribution in [2.24, 2.45) is 11.7 Å². The fourth-order valence-corrected chi connectivity index (χ4v) is 3.85. The van der Waals surface area contributed by atoms with Gasteiger partial charge in [-0.15, -0.1) is 0 Å². The molecule has 122 valence electrons. The molecule has 0 aromatic rings. The van der Waals surface area contributed by atoms with Gasteiger partial charge in [0.1, 0.15) is 0 Å². The molecule has 4 heteroatoms. The van der Waals surface area contributed by atoms with Crippen molar-refractivity contribution in [3.63, 3.8) is 0 Å². The quantitative estimate of drug-likeness (QED) is 0.722. The van der Waals surface area contributed by atoms with Crippen LogP contribution in [-0.2, 0) is 4.79 Å². The molecule has 2 unspecified atom stereocenters.